The van der Waals surface area contributed by atoms with E-state index in [1.54, 1.807) is 6.07 Å². The quantitative estimate of drug-likeness (QED) is 0.618. The van der Waals surface area contributed by atoms with E-state index >= 15 is 0 Å². The third-order valence-corrected chi connectivity index (χ3v) is 3.30. The summed E-state index contributed by atoms with van der Waals surface area (Å²) >= 11 is 2.01. The number of benzene rings is 1. The molecule has 1 aromatic rings. The van der Waals surface area contributed by atoms with Crippen molar-refractivity contribution in [2.24, 2.45) is 5.92 Å². The predicted octanol–water partition coefficient (Wildman–Crippen LogP) is 3.41. The highest BCUT2D eigenvalue weighted by Gasteiger charge is 2.25. The SMILES string of the molecule is O=C(CC1CC1)c1ccc(F)cc1I. The fourth-order valence-electron chi connectivity index (χ4n) is 1.41. The van der Waals surface area contributed by atoms with Gasteiger partial charge in [0, 0.05) is 15.6 Å². The highest BCUT2D eigenvalue weighted by atomic mass is 127. The number of hydrogen-bond acceptors (Lipinski definition) is 1. The second-order valence-electron chi connectivity index (χ2n) is 3.69. The maximum Gasteiger partial charge on any atom is 0.164 e. The zero-order chi connectivity index (χ0) is 10.1. The Morgan fingerprint density at radius 2 is 2.21 bits per heavy atom. The van der Waals surface area contributed by atoms with Gasteiger partial charge in [0.25, 0.3) is 0 Å². The van der Waals surface area contributed by atoms with E-state index in [9.17, 15) is 9.18 Å². The van der Waals surface area contributed by atoms with Crippen LogP contribution < -0.4 is 0 Å². The molecular weight excluding hydrogens is 294 g/mol. The van der Waals surface area contributed by atoms with Crippen LogP contribution in [0.5, 0.6) is 0 Å². The van der Waals surface area contributed by atoms with Gasteiger partial charge in [0.2, 0.25) is 0 Å². The minimum Gasteiger partial charge on any atom is -0.294 e. The summed E-state index contributed by atoms with van der Waals surface area (Å²) in [6.07, 6.45) is 2.97. The first-order valence-electron chi connectivity index (χ1n) is 4.65. The molecule has 0 bridgehead atoms. The van der Waals surface area contributed by atoms with Crippen LogP contribution in [0, 0.1) is 15.3 Å². The predicted molar refractivity (Wildman–Crippen MR) is 60.8 cm³/mol. The molecule has 0 heterocycles. The van der Waals surface area contributed by atoms with Crippen LogP contribution in [0.25, 0.3) is 0 Å². The van der Waals surface area contributed by atoms with Crippen LogP contribution in [0.1, 0.15) is 29.6 Å². The maximum atomic E-state index is 12.8. The van der Waals surface area contributed by atoms with Gasteiger partial charge in [-0.05, 0) is 59.5 Å². The Morgan fingerprint density at radius 3 is 2.79 bits per heavy atom. The number of hydrogen-bond donors (Lipinski definition) is 0. The highest BCUT2D eigenvalue weighted by Crippen LogP contribution is 2.34. The summed E-state index contributed by atoms with van der Waals surface area (Å²) in [4.78, 5) is 11.7. The number of ketones is 1. The van der Waals surface area contributed by atoms with Crippen molar-refractivity contribution in [3.63, 3.8) is 0 Å². The normalized spacial score (nSPS) is 15.6. The topological polar surface area (TPSA) is 17.1 Å². The fraction of sp³-hybridized carbons (Fsp3) is 0.364. The van der Waals surface area contributed by atoms with Gasteiger partial charge in [-0.1, -0.05) is 0 Å². The molecule has 0 aromatic heterocycles. The number of Topliss-reactive ketones (excluding diaryl/α,β-unsaturated/α-hetero) is 1. The Balaban J connectivity index is 2.17. The molecule has 0 aliphatic heterocycles. The van der Waals surface area contributed by atoms with Crippen molar-refractivity contribution in [2.45, 2.75) is 19.3 Å². The van der Waals surface area contributed by atoms with Gasteiger partial charge in [-0.3, -0.25) is 4.79 Å². The molecule has 1 nitrogen and oxygen atoms in total. The molecule has 0 atom stereocenters. The molecule has 0 amide bonds. The molecule has 1 aliphatic rings. The Morgan fingerprint density at radius 1 is 1.50 bits per heavy atom. The van der Waals surface area contributed by atoms with Crippen LogP contribution in [0.2, 0.25) is 0 Å². The average molecular weight is 304 g/mol. The Labute approximate surface area is 95.8 Å². The second-order valence-corrected chi connectivity index (χ2v) is 4.86. The van der Waals surface area contributed by atoms with E-state index in [4.69, 9.17) is 0 Å². The molecule has 0 saturated heterocycles. The summed E-state index contributed by atoms with van der Waals surface area (Å²) in [5.74, 6) is 0.456. The van der Waals surface area contributed by atoms with Gasteiger partial charge < -0.3 is 0 Å². The minimum absolute atomic E-state index is 0.150. The lowest BCUT2D eigenvalue weighted by atomic mass is 10.1. The smallest absolute Gasteiger partial charge is 0.164 e. The van der Waals surface area contributed by atoms with E-state index in [0.717, 1.165) is 0 Å². The monoisotopic (exact) mass is 304 g/mol. The third-order valence-electron chi connectivity index (χ3n) is 2.40. The van der Waals surface area contributed by atoms with Crippen LogP contribution in [-0.4, -0.2) is 5.78 Å². The first kappa shape index (κ1) is 10.1. The Hall–Kier alpha value is -0.450. The Bertz CT molecular complexity index is 372. The molecule has 74 valence electrons. The molecule has 1 saturated carbocycles. The van der Waals surface area contributed by atoms with Gasteiger partial charge in [-0.25, -0.2) is 4.39 Å². The van der Waals surface area contributed by atoms with Crippen molar-refractivity contribution in [3.8, 4) is 0 Å². The first-order valence-corrected chi connectivity index (χ1v) is 5.73. The second kappa shape index (κ2) is 3.96. The largest absolute Gasteiger partial charge is 0.294 e. The molecule has 1 aliphatic carbocycles. The van der Waals surface area contributed by atoms with Gasteiger partial charge in [-0.15, -0.1) is 0 Å². The molecular formula is C11H10FIO. The van der Waals surface area contributed by atoms with Crippen molar-refractivity contribution >= 4 is 28.4 Å². The van der Waals surface area contributed by atoms with E-state index in [1.807, 2.05) is 22.6 Å². The van der Waals surface area contributed by atoms with Crippen molar-refractivity contribution in [1.82, 2.24) is 0 Å². The minimum atomic E-state index is -0.280. The van der Waals surface area contributed by atoms with Crippen molar-refractivity contribution in [1.29, 1.82) is 0 Å². The van der Waals surface area contributed by atoms with Gasteiger partial charge in [0.15, 0.2) is 5.78 Å². The van der Waals surface area contributed by atoms with Crippen molar-refractivity contribution < 1.29 is 9.18 Å². The molecule has 0 radical (unpaired) electrons. The zero-order valence-electron chi connectivity index (χ0n) is 7.59. The summed E-state index contributed by atoms with van der Waals surface area (Å²) in [5.41, 5.74) is 0.666. The van der Waals surface area contributed by atoms with Gasteiger partial charge in [0.1, 0.15) is 5.82 Å². The number of rotatable bonds is 3. The zero-order valence-corrected chi connectivity index (χ0v) is 9.75. The lowest BCUT2D eigenvalue weighted by molar-refractivity contribution is 0.0975. The van der Waals surface area contributed by atoms with E-state index in [-0.39, 0.29) is 11.6 Å². The molecule has 1 aromatic carbocycles. The molecule has 0 N–H and O–H groups in total. The molecule has 1 fully saturated rings. The van der Waals surface area contributed by atoms with Gasteiger partial charge in [0.05, 0.1) is 0 Å². The molecule has 14 heavy (non-hydrogen) atoms. The van der Waals surface area contributed by atoms with E-state index in [0.29, 0.717) is 21.5 Å². The van der Waals surface area contributed by atoms with Crippen LogP contribution in [0.3, 0.4) is 0 Å². The number of halogens is 2. The first-order chi connectivity index (χ1) is 6.66. The molecule has 0 spiro atoms. The van der Waals surface area contributed by atoms with E-state index in [2.05, 4.69) is 0 Å². The summed E-state index contributed by atoms with van der Waals surface area (Å²) in [7, 11) is 0. The number of carbonyl (C=O) groups is 1. The van der Waals surface area contributed by atoms with Crippen molar-refractivity contribution in [2.75, 3.05) is 0 Å². The van der Waals surface area contributed by atoms with Gasteiger partial charge in [-0.2, -0.15) is 0 Å². The summed E-state index contributed by atoms with van der Waals surface area (Å²) in [6, 6.07) is 4.34. The third kappa shape index (κ3) is 2.32. The van der Waals surface area contributed by atoms with Crippen LogP contribution in [-0.2, 0) is 0 Å². The van der Waals surface area contributed by atoms with Crippen molar-refractivity contribution in [3.05, 3.63) is 33.1 Å². The lowest BCUT2D eigenvalue weighted by Crippen LogP contribution is -2.02. The van der Waals surface area contributed by atoms with Crippen LogP contribution in [0.4, 0.5) is 4.39 Å². The summed E-state index contributed by atoms with van der Waals surface area (Å²) in [6.45, 7) is 0. The average Bonchev–Trinajstić information content (AvgIpc) is 2.87. The maximum absolute atomic E-state index is 12.8. The highest BCUT2D eigenvalue weighted by molar-refractivity contribution is 14.1. The standard InChI is InChI=1S/C11H10FIO/c12-8-3-4-9(10(13)6-8)11(14)5-7-1-2-7/h3-4,6-7H,1-2,5H2. The Kier molecular flexibility index (Phi) is 2.85. The molecule has 2 rings (SSSR count). The molecule has 0 unspecified atom stereocenters. The summed E-state index contributed by atoms with van der Waals surface area (Å²) < 4.78 is 13.5. The van der Waals surface area contributed by atoms with E-state index in [1.165, 1.54) is 25.0 Å². The van der Waals surface area contributed by atoms with E-state index < -0.39 is 0 Å². The number of carbonyl (C=O) groups excluding carboxylic acids is 1. The summed E-state index contributed by atoms with van der Waals surface area (Å²) in [5, 5.41) is 0. The fourth-order valence-corrected chi connectivity index (χ4v) is 2.19. The van der Waals surface area contributed by atoms with Crippen LogP contribution in [0.15, 0.2) is 18.2 Å². The molecule has 3 heteroatoms. The van der Waals surface area contributed by atoms with Crippen LogP contribution >= 0.6 is 22.6 Å². The van der Waals surface area contributed by atoms with Gasteiger partial charge >= 0.3 is 0 Å². The lowest BCUT2D eigenvalue weighted by Gasteiger charge is -2.02.